The summed E-state index contributed by atoms with van der Waals surface area (Å²) in [5, 5.41) is 9.98. The van der Waals surface area contributed by atoms with Gasteiger partial charge in [0.05, 0.1) is 5.02 Å². The molecule has 36 heavy (non-hydrogen) atoms. The number of halogens is 3. The van der Waals surface area contributed by atoms with Crippen LogP contribution in [0.25, 0.3) is 22.4 Å². The number of hydrogen-bond donors (Lipinski definition) is 0. The van der Waals surface area contributed by atoms with Gasteiger partial charge in [-0.15, -0.1) is 0 Å². The Hall–Kier alpha value is -3.44. The first-order chi connectivity index (χ1) is 17.3. The van der Waals surface area contributed by atoms with Crippen LogP contribution in [-0.4, -0.2) is 24.5 Å². The monoisotopic (exact) mass is 506 g/mol. The summed E-state index contributed by atoms with van der Waals surface area (Å²) < 4.78 is 33.2. The quantitative estimate of drug-likeness (QED) is 0.304. The zero-order valence-corrected chi connectivity index (χ0v) is 20.8. The first-order valence-corrected chi connectivity index (χ1v) is 12.4. The molecule has 4 aromatic rings. The number of pyridine rings is 1. The molecule has 0 bridgehead atoms. The molecule has 1 aromatic carbocycles. The van der Waals surface area contributed by atoms with Gasteiger partial charge in [0.2, 0.25) is 5.82 Å². The summed E-state index contributed by atoms with van der Waals surface area (Å²) in [6, 6.07) is 9.43. The molecular formula is C27H25ClF2N6. The van der Waals surface area contributed by atoms with Crippen LogP contribution in [0.5, 0.6) is 0 Å². The molecule has 0 spiro atoms. The van der Waals surface area contributed by atoms with Gasteiger partial charge < -0.3 is 4.57 Å². The van der Waals surface area contributed by atoms with E-state index in [1.54, 1.807) is 22.9 Å². The molecule has 0 amide bonds. The summed E-state index contributed by atoms with van der Waals surface area (Å²) >= 11 is 6.21. The molecule has 3 heterocycles. The lowest BCUT2D eigenvalue weighted by atomic mass is 9.83. The van der Waals surface area contributed by atoms with Crippen molar-refractivity contribution >= 4 is 22.8 Å². The first-order valence-electron chi connectivity index (χ1n) is 12.0. The van der Waals surface area contributed by atoms with Crippen LogP contribution < -0.4 is 0 Å². The van der Waals surface area contributed by atoms with Crippen molar-refractivity contribution in [3.05, 3.63) is 70.8 Å². The molecule has 1 aliphatic carbocycles. The number of imidazole rings is 1. The Kier molecular flexibility index (Phi) is 6.44. The molecule has 0 radical (unpaired) electrons. The molecule has 184 valence electrons. The Labute approximate surface area is 213 Å². The lowest BCUT2D eigenvalue weighted by molar-refractivity contribution is 0.209. The van der Waals surface area contributed by atoms with Gasteiger partial charge in [0.25, 0.3) is 0 Å². The minimum absolute atomic E-state index is 0.0295. The molecule has 1 unspecified atom stereocenters. The SMILES string of the molecule is CC1CCC(Cn2c(C(C)(F)c3ccccc3F)nc3nc(C#N)nc(-c4cncc(Cl)c4)c32)CC1. The van der Waals surface area contributed by atoms with E-state index in [0.717, 1.165) is 25.7 Å². The van der Waals surface area contributed by atoms with Crippen LogP contribution in [0.2, 0.25) is 5.02 Å². The van der Waals surface area contributed by atoms with Crippen molar-refractivity contribution in [1.82, 2.24) is 24.5 Å². The number of hydrogen-bond acceptors (Lipinski definition) is 5. The molecule has 9 heteroatoms. The highest BCUT2D eigenvalue weighted by Gasteiger charge is 2.38. The van der Waals surface area contributed by atoms with Crippen LogP contribution in [0, 0.1) is 29.0 Å². The summed E-state index contributed by atoms with van der Waals surface area (Å²) in [7, 11) is 0. The van der Waals surface area contributed by atoms with Gasteiger partial charge in [-0.2, -0.15) is 10.2 Å². The van der Waals surface area contributed by atoms with Crippen LogP contribution in [0.1, 0.15) is 56.7 Å². The maximum Gasteiger partial charge on any atom is 0.234 e. The fourth-order valence-electron chi connectivity index (χ4n) is 5.10. The lowest BCUT2D eigenvalue weighted by Gasteiger charge is -2.29. The van der Waals surface area contributed by atoms with Crippen molar-refractivity contribution in [3.8, 4) is 17.3 Å². The zero-order chi connectivity index (χ0) is 25.4. The molecule has 3 aromatic heterocycles. The first kappa shape index (κ1) is 24.3. The fraction of sp³-hybridized carbons (Fsp3) is 0.370. The van der Waals surface area contributed by atoms with E-state index in [-0.39, 0.29) is 28.8 Å². The van der Waals surface area contributed by atoms with Crippen molar-refractivity contribution in [2.75, 3.05) is 0 Å². The third kappa shape index (κ3) is 4.44. The second-order valence-corrected chi connectivity index (χ2v) is 10.2. The maximum atomic E-state index is 16.6. The van der Waals surface area contributed by atoms with Crippen LogP contribution in [0.4, 0.5) is 8.78 Å². The van der Waals surface area contributed by atoms with Crippen molar-refractivity contribution in [2.45, 2.75) is 51.7 Å². The van der Waals surface area contributed by atoms with Crippen LogP contribution in [0.15, 0.2) is 42.7 Å². The van der Waals surface area contributed by atoms with Gasteiger partial charge in [0.15, 0.2) is 17.1 Å². The number of fused-ring (bicyclic) bond motifs is 1. The second-order valence-electron chi connectivity index (χ2n) is 9.73. The highest BCUT2D eigenvalue weighted by atomic mass is 35.5. The van der Waals surface area contributed by atoms with E-state index >= 15 is 4.39 Å². The van der Waals surface area contributed by atoms with Gasteiger partial charge in [-0.25, -0.2) is 18.7 Å². The molecule has 1 fully saturated rings. The van der Waals surface area contributed by atoms with Gasteiger partial charge in [-0.1, -0.05) is 49.6 Å². The van der Waals surface area contributed by atoms with Crippen LogP contribution in [-0.2, 0) is 12.2 Å². The minimum atomic E-state index is -2.26. The normalized spacial score (nSPS) is 19.7. The topological polar surface area (TPSA) is 80.3 Å². The summed E-state index contributed by atoms with van der Waals surface area (Å²) in [4.78, 5) is 17.5. The summed E-state index contributed by atoms with van der Waals surface area (Å²) in [5.41, 5.74) is -0.771. The number of benzene rings is 1. The number of aromatic nitrogens is 5. The second kappa shape index (κ2) is 9.55. The van der Waals surface area contributed by atoms with Gasteiger partial charge in [0, 0.05) is 30.1 Å². The summed E-state index contributed by atoms with van der Waals surface area (Å²) in [5.74, 6) is 0.207. The average molecular weight is 507 g/mol. The third-order valence-corrected chi connectivity index (χ3v) is 7.26. The molecule has 1 aliphatic rings. The number of alkyl halides is 1. The molecular weight excluding hydrogens is 482 g/mol. The van der Waals surface area contributed by atoms with E-state index < -0.39 is 11.5 Å². The van der Waals surface area contributed by atoms with E-state index in [4.69, 9.17) is 11.6 Å². The molecule has 6 nitrogen and oxygen atoms in total. The Morgan fingerprint density at radius 1 is 1.14 bits per heavy atom. The van der Waals surface area contributed by atoms with Gasteiger partial charge in [-0.05, 0) is 43.7 Å². The van der Waals surface area contributed by atoms with E-state index in [1.165, 1.54) is 31.3 Å². The number of nitriles is 1. The van der Waals surface area contributed by atoms with E-state index in [0.29, 0.717) is 34.3 Å². The van der Waals surface area contributed by atoms with E-state index in [1.807, 2.05) is 6.07 Å². The van der Waals surface area contributed by atoms with Gasteiger partial charge >= 0.3 is 0 Å². The Bertz CT molecular complexity index is 1470. The predicted molar refractivity (Wildman–Crippen MR) is 133 cm³/mol. The Balaban J connectivity index is 1.78. The van der Waals surface area contributed by atoms with Gasteiger partial charge in [0.1, 0.15) is 23.1 Å². The van der Waals surface area contributed by atoms with Crippen molar-refractivity contribution in [3.63, 3.8) is 0 Å². The zero-order valence-electron chi connectivity index (χ0n) is 20.0. The third-order valence-electron chi connectivity index (χ3n) is 7.06. The Morgan fingerprint density at radius 3 is 2.58 bits per heavy atom. The molecule has 1 atom stereocenters. The Morgan fingerprint density at radius 2 is 1.89 bits per heavy atom. The maximum absolute atomic E-state index is 16.6. The highest BCUT2D eigenvalue weighted by Crippen LogP contribution is 2.40. The molecule has 5 rings (SSSR count). The minimum Gasteiger partial charge on any atom is -0.322 e. The summed E-state index contributed by atoms with van der Waals surface area (Å²) in [6.07, 6.45) is 7.25. The number of rotatable bonds is 5. The van der Waals surface area contributed by atoms with Crippen molar-refractivity contribution in [1.29, 1.82) is 5.26 Å². The number of nitrogens with zero attached hydrogens (tertiary/aromatic N) is 6. The predicted octanol–water partition coefficient (Wildman–Crippen LogP) is 6.61. The fourth-order valence-corrected chi connectivity index (χ4v) is 5.27. The standard InChI is InChI=1S/C27H25ClF2N6/c1-16-7-9-17(10-8-16)15-36-24-23(18-11-19(28)14-32-13-18)33-22(12-31)34-25(24)35-26(36)27(2,30)20-5-3-4-6-21(20)29/h3-6,11,13-14,16-17H,7-10,15H2,1-2H3. The molecule has 1 saturated carbocycles. The lowest BCUT2D eigenvalue weighted by Crippen LogP contribution is -2.27. The van der Waals surface area contributed by atoms with Crippen LogP contribution >= 0.6 is 11.6 Å². The average Bonchev–Trinajstić information content (AvgIpc) is 3.24. The molecule has 0 N–H and O–H groups in total. The largest absolute Gasteiger partial charge is 0.322 e. The van der Waals surface area contributed by atoms with Gasteiger partial charge in [-0.3, -0.25) is 4.98 Å². The van der Waals surface area contributed by atoms with Crippen molar-refractivity contribution in [2.24, 2.45) is 11.8 Å². The highest BCUT2D eigenvalue weighted by molar-refractivity contribution is 6.30. The van der Waals surface area contributed by atoms with Crippen LogP contribution in [0.3, 0.4) is 0 Å². The molecule has 0 aliphatic heterocycles. The smallest absolute Gasteiger partial charge is 0.234 e. The van der Waals surface area contributed by atoms with E-state index in [2.05, 4.69) is 26.9 Å². The van der Waals surface area contributed by atoms with Crippen molar-refractivity contribution < 1.29 is 8.78 Å². The summed E-state index contributed by atoms with van der Waals surface area (Å²) in [6.45, 7) is 4.03. The molecule has 0 saturated heterocycles. The van der Waals surface area contributed by atoms with E-state index in [9.17, 15) is 9.65 Å².